The molecule has 0 amide bonds. The monoisotopic (exact) mass is 530 g/mol. The number of unbranched alkanes of at least 4 members (excludes halogenated alkanes) is 3. The molecule has 0 aromatic heterocycles. The fourth-order valence-corrected chi connectivity index (χ4v) is 18.9. The molecule has 1 aromatic carbocycles. The molecule has 170 valence electrons. The van der Waals surface area contributed by atoms with Gasteiger partial charge in [-0.25, -0.2) is 0 Å². The molecule has 5 heteroatoms. The van der Waals surface area contributed by atoms with E-state index in [0.717, 1.165) is 57.4 Å². The first-order valence-corrected chi connectivity index (χ1v) is 19.0. The van der Waals surface area contributed by atoms with E-state index >= 15 is 0 Å². The van der Waals surface area contributed by atoms with Crippen LogP contribution >= 0.6 is 0 Å². The molecule has 1 aromatic rings. The molecule has 0 bridgehead atoms. The van der Waals surface area contributed by atoms with Gasteiger partial charge < -0.3 is 0 Å². The van der Waals surface area contributed by atoms with E-state index in [1.54, 1.807) is 0 Å². The number of halogens is 2. The van der Waals surface area contributed by atoms with Gasteiger partial charge in [-0.3, -0.25) is 0 Å². The van der Waals surface area contributed by atoms with Crippen molar-refractivity contribution in [3.05, 3.63) is 57.9 Å². The molecule has 0 N–H and O–H groups in total. The van der Waals surface area contributed by atoms with E-state index in [9.17, 15) is 8.78 Å². The van der Waals surface area contributed by atoms with Crippen molar-refractivity contribution in [2.45, 2.75) is 79.2 Å². The second kappa shape index (κ2) is 16.8. The summed E-state index contributed by atoms with van der Waals surface area (Å²) in [6.45, 7) is 7.62. The summed E-state index contributed by atoms with van der Waals surface area (Å²) in [5, 5.41) is 0. The number of benzene rings is 1. The first-order chi connectivity index (χ1) is 14.6. The summed E-state index contributed by atoms with van der Waals surface area (Å²) >= 11 is -3.24. The molecule has 0 aliphatic rings. The van der Waals surface area contributed by atoms with Crippen LogP contribution < -0.4 is 0 Å². The van der Waals surface area contributed by atoms with Crippen molar-refractivity contribution >= 4 is 18.4 Å². The van der Waals surface area contributed by atoms with Crippen LogP contribution in [0.4, 0.5) is 8.78 Å². The average molecular weight is 529 g/mol. The molecule has 0 heterocycles. The van der Waals surface area contributed by atoms with E-state index in [0.29, 0.717) is 13.2 Å². The number of hydrogen-bond acceptors (Lipinski definition) is 2. The Morgan fingerprint density at radius 2 is 1.37 bits per heavy atom. The topological polar surface area (TPSA) is 18.5 Å². The normalized spacial score (nSPS) is 11.8. The summed E-state index contributed by atoms with van der Waals surface area (Å²) < 4.78 is 42.6. The number of ether oxygens (including phenoxy) is 2. The molecule has 1 rings (SSSR count). The Kier molecular flexibility index (Phi) is 15.2. The van der Waals surface area contributed by atoms with Crippen LogP contribution in [0.2, 0.25) is 13.3 Å². The van der Waals surface area contributed by atoms with E-state index in [1.807, 2.05) is 42.5 Å². The van der Waals surface area contributed by atoms with Gasteiger partial charge in [-0.05, 0) is 0 Å². The maximum atomic E-state index is 14.1. The van der Waals surface area contributed by atoms with Crippen LogP contribution in [0, 0.1) is 0 Å². The van der Waals surface area contributed by atoms with E-state index < -0.39 is 24.5 Å². The second-order valence-electron chi connectivity index (χ2n) is 7.96. The predicted octanol–water partition coefficient (Wildman–Crippen LogP) is 8.27. The Bertz CT molecular complexity index is 591. The third-order valence-electron chi connectivity index (χ3n) is 5.50. The Morgan fingerprint density at radius 3 is 1.87 bits per heavy atom. The summed E-state index contributed by atoms with van der Waals surface area (Å²) in [4.78, 5) is 0. The van der Waals surface area contributed by atoms with Crippen LogP contribution in [0.25, 0.3) is 0 Å². The number of rotatable bonds is 17. The molecular weight excluding hydrogens is 489 g/mol. The van der Waals surface area contributed by atoms with Crippen LogP contribution in [0.5, 0.6) is 0 Å². The van der Waals surface area contributed by atoms with E-state index in [4.69, 9.17) is 9.47 Å². The Labute approximate surface area is 186 Å². The maximum absolute atomic E-state index is 14.1. The van der Waals surface area contributed by atoms with Crippen molar-refractivity contribution < 1.29 is 18.3 Å². The first kappa shape index (κ1) is 27.2. The Balaban J connectivity index is 2.68. The molecule has 2 nitrogen and oxygen atoms in total. The molecular formula is C25H40F2O2Sn. The van der Waals surface area contributed by atoms with Crippen LogP contribution in [-0.2, 0) is 16.1 Å². The van der Waals surface area contributed by atoms with Gasteiger partial charge in [-0.1, -0.05) is 0 Å². The quantitative estimate of drug-likeness (QED) is 0.0876. The zero-order chi connectivity index (χ0) is 22.1. The Morgan fingerprint density at radius 1 is 0.833 bits per heavy atom. The molecule has 0 fully saturated rings. The summed E-state index contributed by atoms with van der Waals surface area (Å²) in [5.74, 6) is 0. The summed E-state index contributed by atoms with van der Waals surface area (Å²) in [5.41, 5.74) is 1.12. The van der Waals surface area contributed by atoms with Crippen LogP contribution in [0.15, 0.2) is 52.3 Å². The third kappa shape index (κ3) is 10.4. The molecule has 0 unspecified atom stereocenters. The standard InChI is InChI=1S/C13H13F2O2.3C4H9.Sn/c14-13(15)11-17-9-5-4-8-16-10-12-6-2-1-3-7-12;3*1-3-4-2;/h1-7H,8-10H2;3*1,3-4H2,2H3;/b5-4+;;;;. The molecule has 0 spiro atoms. The predicted molar refractivity (Wildman–Crippen MR) is 125 cm³/mol. The van der Waals surface area contributed by atoms with Gasteiger partial charge in [0.2, 0.25) is 0 Å². The Hall–Kier alpha value is -0.881. The second-order valence-corrected chi connectivity index (χ2v) is 20.8. The van der Waals surface area contributed by atoms with Crippen molar-refractivity contribution in [3.63, 3.8) is 0 Å². The van der Waals surface area contributed by atoms with E-state index in [1.165, 1.54) is 0 Å². The zero-order valence-corrected chi connectivity index (χ0v) is 22.0. The molecule has 0 radical (unpaired) electrons. The number of hydrogen-bond donors (Lipinski definition) is 0. The van der Waals surface area contributed by atoms with Crippen LogP contribution in [-0.4, -0.2) is 31.6 Å². The third-order valence-corrected chi connectivity index (χ3v) is 20.4. The van der Waals surface area contributed by atoms with Crippen molar-refractivity contribution in [1.29, 1.82) is 0 Å². The first-order valence-electron chi connectivity index (χ1n) is 11.5. The van der Waals surface area contributed by atoms with Crippen LogP contribution in [0.1, 0.15) is 64.9 Å². The minimum atomic E-state index is -3.24. The average Bonchev–Trinajstić information content (AvgIpc) is 2.76. The van der Waals surface area contributed by atoms with Gasteiger partial charge in [0, 0.05) is 0 Å². The van der Waals surface area contributed by atoms with Crippen molar-refractivity contribution in [2.75, 3.05) is 13.2 Å². The molecule has 0 atom stereocenters. The molecule has 0 aliphatic carbocycles. The van der Waals surface area contributed by atoms with Gasteiger partial charge in [0.05, 0.1) is 0 Å². The molecule has 0 saturated heterocycles. The van der Waals surface area contributed by atoms with Crippen molar-refractivity contribution in [1.82, 2.24) is 0 Å². The summed E-state index contributed by atoms with van der Waals surface area (Å²) in [6, 6.07) is 9.97. The fraction of sp³-hybridized carbons (Fsp3) is 0.600. The van der Waals surface area contributed by atoms with Gasteiger partial charge in [0.1, 0.15) is 0 Å². The summed E-state index contributed by atoms with van der Waals surface area (Å²) in [7, 11) is 0. The fourth-order valence-electron chi connectivity index (χ4n) is 3.76. The minimum absolute atomic E-state index is 0.134. The van der Waals surface area contributed by atoms with Gasteiger partial charge in [-0.15, -0.1) is 0 Å². The SMILES string of the molecule is CCC[CH2][Sn]([CH2]CCC)([CH2]CCC)[C](OC/C=C/COCc1ccccc1)=C(F)F. The van der Waals surface area contributed by atoms with Gasteiger partial charge in [-0.2, -0.15) is 0 Å². The van der Waals surface area contributed by atoms with Crippen LogP contribution in [0.3, 0.4) is 0 Å². The molecule has 0 saturated carbocycles. The van der Waals surface area contributed by atoms with Crippen molar-refractivity contribution in [2.24, 2.45) is 0 Å². The summed E-state index contributed by atoms with van der Waals surface area (Å²) in [6.07, 6.45) is 8.36. The zero-order valence-electron chi connectivity index (χ0n) is 19.1. The van der Waals surface area contributed by atoms with Gasteiger partial charge in [0.25, 0.3) is 0 Å². The van der Waals surface area contributed by atoms with E-state index in [-0.39, 0.29) is 10.4 Å². The van der Waals surface area contributed by atoms with Gasteiger partial charge in [0.15, 0.2) is 0 Å². The van der Waals surface area contributed by atoms with Crippen molar-refractivity contribution in [3.8, 4) is 0 Å². The van der Waals surface area contributed by atoms with E-state index in [2.05, 4.69) is 20.8 Å². The molecule has 0 aliphatic heterocycles. The van der Waals surface area contributed by atoms with Gasteiger partial charge >= 0.3 is 187 Å². The molecule has 30 heavy (non-hydrogen) atoms.